The van der Waals surface area contributed by atoms with Crippen molar-refractivity contribution in [3.63, 3.8) is 0 Å². The molecule has 0 unspecified atom stereocenters. The molecule has 1 aromatic carbocycles. The first-order chi connectivity index (χ1) is 8.60. The summed E-state index contributed by atoms with van der Waals surface area (Å²) in [6.45, 7) is 0.659. The summed E-state index contributed by atoms with van der Waals surface area (Å²) >= 11 is 0. The highest BCUT2D eigenvalue weighted by Crippen LogP contribution is 2.50. The molecule has 0 bridgehead atoms. The van der Waals surface area contributed by atoms with E-state index in [0.29, 0.717) is 11.9 Å². The van der Waals surface area contributed by atoms with Gasteiger partial charge in [-0.05, 0) is 36.5 Å². The molecule has 1 aliphatic carbocycles. The molecule has 3 nitrogen and oxygen atoms in total. The second-order valence-corrected chi connectivity index (χ2v) is 5.19. The molecular formula is C14H14FNO2. The zero-order valence-corrected chi connectivity index (χ0v) is 9.90. The van der Waals surface area contributed by atoms with Crippen LogP contribution in [-0.4, -0.2) is 15.6 Å². The fraction of sp³-hybridized carbons (Fsp3) is 0.357. The molecule has 0 amide bonds. The Labute approximate surface area is 104 Å². The van der Waals surface area contributed by atoms with Gasteiger partial charge in [-0.2, -0.15) is 0 Å². The maximum atomic E-state index is 13.6. The van der Waals surface area contributed by atoms with Crippen molar-refractivity contribution in [3.05, 3.63) is 36.3 Å². The van der Waals surface area contributed by atoms with Gasteiger partial charge in [-0.1, -0.05) is 6.07 Å². The van der Waals surface area contributed by atoms with Crippen LogP contribution >= 0.6 is 0 Å². The van der Waals surface area contributed by atoms with E-state index in [-0.39, 0.29) is 17.7 Å². The number of hydrogen-bond donors (Lipinski definition) is 1. The summed E-state index contributed by atoms with van der Waals surface area (Å²) in [6, 6.07) is 6.75. The Balaban J connectivity index is 1.92. The van der Waals surface area contributed by atoms with E-state index < -0.39 is 5.97 Å². The zero-order chi connectivity index (χ0) is 12.8. The number of halogens is 1. The third-order valence-electron chi connectivity index (χ3n) is 3.75. The Kier molecular flexibility index (Phi) is 2.40. The molecule has 2 aromatic rings. The highest BCUT2D eigenvalue weighted by molar-refractivity contribution is 5.80. The molecule has 0 spiro atoms. The maximum absolute atomic E-state index is 13.6. The number of carboxylic acids is 1. The predicted octanol–water partition coefficient (Wildman–Crippen LogP) is 3.04. The summed E-state index contributed by atoms with van der Waals surface area (Å²) in [5.41, 5.74) is 0.719. The van der Waals surface area contributed by atoms with Gasteiger partial charge in [-0.3, -0.25) is 4.79 Å². The van der Waals surface area contributed by atoms with Crippen molar-refractivity contribution >= 4 is 16.9 Å². The Morgan fingerprint density at radius 2 is 2.17 bits per heavy atom. The van der Waals surface area contributed by atoms with E-state index in [1.54, 1.807) is 12.1 Å². The average Bonchev–Trinajstić information content (AvgIpc) is 2.91. The molecule has 3 rings (SSSR count). The Morgan fingerprint density at radius 1 is 1.39 bits per heavy atom. The number of aromatic nitrogens is 1. The SMILES string of the molecule is O=C(O)CC1(Cn2ccc3c(F)cccc32)CC1. The summed E-state index contributed by atoms with van der Waals surface area (Å²) in [5.74, 6) is -0.982. The number of hydrogen-bond acceptors (Lipinski definition) is 1. The lowest BCUT2D eigenvalue weighted by Gasteiger charge is -2.14. The summed E-state index contributed by atoms with van der Waals surface area (Å²) in [4.78, 5) is 10.8. The van der Waals surface area contributed by atoms with Crippen LogP contribution in [0.1, 0.15) is 19.3 Å². The van der Waals surface area contributed by atoms with Crippen molar-refractivity contribution < 1.29 is 14.3 Å². The molecule has 0 saturated heterocycles. The van der Waals surface area contributed by atoms with Crippen molar-refractivity contribution in [2.75, 3.05) is 0 Å². The van der Waals surface area contributed by atoms with E-state index in [1.807, 2.05) is 16.8 Å². The number of aliphatic carboxylic acids is 1. The third kappa shape index (κ3) is 1.88. The second kappa shape index (κ2) is 3.83. The second-order valence-electron chi connectivity index (χ2n) is 5.19. The molecule has 1 aliphatic rings. The fourth-order valence-electron chi connectivity index (χ4n) is 2.57. The van der Waals surface area contributed by atoms with Gasteiger partial charge in [0.2, 0.25) is 0 Å². The maximum Gasteiger partial charge on any atom is 0.303 e. The number of carbonyl (C=O) groups is 1. The van der Waals surface area contributed by atoms with E-state index >= 15 is 0 Å². The third-order valence-corrected chi connectivity index (χ3v) is 3.75. The molecule has 1 N–H and O–H groups in total. The van der Waals surface area contributed by atoms with Crippen molar-refractivity contribution in [1.82, 2.24) is 4.57 Å². The molecule has 1 fully saturated rings. The predicted molar refractivity (Wildman–Crippen MR) is 65.8 cm³/mol. The van der Waals surface area contributed by atoms with E-state index in [1.165, 1.54) is 6.07 Å². The Morgan fingerprint density at radius 3 is 2.83 bits per heavy atom. The lowest BCUT2D eigenvalue weighted by molar-refractivity contribution is -0.138. The van der Waals surface area contributed by atoms with Crippen LogP contribution in [0.3, 0.4) is 0 Å². The quantitative estimate of drug-likeness (QED) is 0.902. The molecule has 18 heavy (non-hydrogen) atoms. The van der Waals surface area contributed by atoms with Crippen LogP contribution in [0.5, 0.6) is 0 Å². The number of rotatable bonds is 4. The number of benzene rings is 1. The van der Waals surface area contributed by atoms with E-state index in [4.69, 9.17) is 5.11 Å². The molecule has 94 valence electrons. The smallest absolute Gasteiger partial charge is 0.303 e. The molecule has 4 heteroatoms. The van der Waals surface area contributed by atoms with Gasteiger partial charge < -0.3 is 9.67 Å². The first-order valence-electron chi connectivity index (χ1n) is 6.05. The summed E-state index contributed by atoms with van der Waals surface area (Å²) in [7, 11) is 0. The van der Waals surface area contributed by atoms with Crippen molar-refractivity contribution in [1.29, 1.82) is 0 Å². The number of nitrogens with zero attached hydrogens (tertiary/aromatic N) is 1. The largest absolute Gasteiger partial charge is 0.481 e. The van der Waals surface area contributed by atoms with Crippen LogP contribution in [-0.2, 0) is 11.3 Å². The van der Waals surface area contributed by atoms with Crippen LogP contribution in [0.4, 0.5) is 4.39 Å². The fourth-order valence-corrected chi connectivity index (χ4v) is 2.57. The van der Waals surface area contributed by atoms with Gasteiger partial charge in [0.25, 0.3) is 0 Å². The van der Waals surface area contributed by atoms with Crippen molar-refractivity contribution in [3.8, 4) is 0 Å². The van der Waals surface area contributed by atoms with Gasteiger partial charge in [0.05, 0.1) is 11.9 Å². The van der Waals surface area contributed by atoms with Gasteiger partial charge in [0, 0.05) is 18.1 Å². The standard InChI is InChI=1S/C14H14FNO2/c15-11-2-1-3-12-10(11)4-7-16(12)9-14(5-6-14)8-13(17)18/h1-4,7H,5-6,8-9H2,(H,17,18). The van der Waals surface area contributed by atoms with Gasteiger partial charge in [-0.15, -0.1) is 0 Å². The normalized spacial score (nSPS) is 16.9. The molecular weight excluding hydrogens is 233 g/mol. The first kappa shape index (κ1) is 11.3. The van der Waals surface area contributed by atoms with Crippen LogP contribution in [0, 0.1) is 11.2 Å². The molecule has 1 saturated carbocycles. The van der Waals surface area contributed by atoms with E-state index in [9.17, 15) is 9.18 Å². The Hall–Kier alpha value is -1.84. The van der Waals surface area contributed by atoms with Crippen molar-refractivity contribution in [2.45, 2.75) is 25.8 Å². The van der Waals surface area contributed by atoms with Gasteiger partial charge in [-0.25, -0.2) is 4.39 Å². The summed E-state index contributed by atoms with van der Waals surface area (Å²) < 4.78 is 15.5. The molecule has 0 aliphatic heterocycles. The Bertz CT molecular complexity index is 613. The van der Waals surface area contributed by atoms with Crippen LogP contribution in [0.2, 0.25) is 0 Å². The number of carboxylic acid groups (broad SMARTS) is 1. The van der Waals surface area contributed by atoms with E-state index in [2.05, 4.69) is 0 Å². The number of fused-ring (bicyclic) bond motifs is 1. The van der Waals surface area contributed by atoms with Gasteiger partial charge in [0.1, 0.15) is 5.82 Å². The van der Waals surface area contributed by atoms with Crippen LogP contribution in [0.15, 0.2) is 30.5 Å². The van der Waals surface area contributed by atoms with Gasteiger partial charge in [0.15, 0.2) is 0 Å². The molecule has 1 heterocycles. The first-order valence-corrected chi connectivity index (χ1v) is 6.05. The zero-order valence-electron chi connectivity index (χ0n) is 9.90. The minimum atomic E-state index is -0.754. The average molecular weight is 247 g/mol. The minimum Gasteiger partial charge on any atom is -0.481 e. The summed E-state index contributed by atoms with van der Waals surface area (Å²) in [5, 5.41) is 9.51. The summed E-state index contributed by atoms with van der Waals surface area (Å²) in [6.07, 6.45) is 3.92. The monoisotopic (exact) mass is 247 g/mol. The van der Waals surface area contributed by atoms with Crippen LogP contribution < -0.4 is 0 Å². The minimum absolute atomic E-state index is 0.121. The molecule has 0 radical (unpaired) electrons. The van der Waals surface area contributed by atoms with Crippen LogP contribution in [0.25, 0.3) is 10.9 Å². The van der Waals surface area contributed by atoms with Crippen molar-refractivity contribution in [2.24, 2.45) is 5.41 Å². The molecule has 0 atom stereocenters. The molecule has 1 aromatic heterocycles. The highest BCUT2D eigenvalue weighted by Gasteiger charge is 2.44. The lowest BCUT2D eigenvalue weighted by atomic mass is 10.0. The lowest BCUT2D eigenvalue weighted by Crippen LogP contribution is -2.15. The highest BCUT2D eigenvalue weighted by atomic mass is 19.1. The topological polar surface area (TPSA) is 42.2 Å². The van der Waals surface area contributed by atoms with E-state index in [0.717, 1.165) is 18.4 Å². The van der Waals surface area contributed by atoms with Gasteiger partial charge >= 0.3 is 5.97 Å².